The highest BCUT2D eigenvalue weighted by Crippen LogP contribution is 2.33. The summed E-state index contributed by atoms with van der Waals surface area (Å²) in [6, 6.07) is 0.808. The highest BCUT2D eigenvalue weighted by atomic mass is 32.2. The number of nitrogens with one attached hydrogen (secondary N) is 1. The van der Waals surface area contributed by atoms with Crippen LogP contribution in [0.4, 0.5) is 0 Å². The summed E-state index contributed by atoms with van der Waals surface area (Å²) in [6.07, 6.45) is 1.32. The van der Waals surface area contributed by atoms with Gasteiger partial charge in [-0.1, -0.05) is 0 Å². The van der Waals surface area contributed by atoms with Crippen LogP contribution in [0.5, 0.6) is 0 Å². The van der Waals surface area contributed by atoms with Crippen LogP contribution in [-0.4, -0.2) is 48.8 Å². The van der Waals surface area contributed by atoms with E-state index < -0.39 is 16.0 Å². The minimum Gasteiger partial charge on any atom is -0.478 e. The van der Waals surface area contributed by atoms with E-state index in [1.165, 1.54) is 15.8 Å². The fourth-order valence-corrected chi connectivity index (χ4v) is 5.87. The number of amides is 1. The molecule has 1 aromatic rings. The molecule has 2 aliphatic rings. The van der Waals surface area contributed by atoms with Gasteiger partial charge in [0.2, 0.25) is 5.91 Å². The first kappa shape index (κ1) is 14.5. The monoisotopic (exact) mass is 330 g/mol. The third kappa shape index (κ3) is 2.34. The van der Waals surface area contributed by atoms with Gasteiger partial charge in [0.15, 0.2) is 0 Å². The lowest BCUT2D eigenvalue weighted by molar-refractivity contribution is -0.123. The molecule has 2 atom stereocenters. The maximum Gasteiger partial charge on any atom is 0.336 e. The molecule has 0 bridgehead atoms. The van der Waals surface area contributed by atoms with E-state index in [-0.39, 0.29) is 27.6 Å². The van der Waals surface area contributed by atoms with Crippen molar-refractivity contribution in [2.45, 2.75) is 23.1 Å². The Balaban J connectivity index is 1.93. The van der Waals surface area contributed by atoms with Crippen LogP contribution in [0.2, 0.25) is 0 Å². The van der Waals surface area contributed by atoms with Crippen LogP contribution in [0.3, 0.4) is 0 Å². The van der Waals surface area contributed by atoms with Gasteiger partial charge in [0.05, 0.1) is 17.5 Å². The fraction of sp³-hybridized carbons (Fsp3) is 0.500. The number of fused-ring (bicyclic) bond motifs is 1. The fourth-order valence-electron chi connectivity index (χ4n) is 2.89. The summed E-state index contributed by atoms with van der Waals surface area (Å²) in [5, 5.41) is 12.9. The number of carbonyl (C=O) groups excluding carboxylic acids is 1. The SMILES string of the molecule is O=C(O)c1csc(S(=O)(=O)N2CCCC3C(=O)NCC32)c1. The van der Waals surface area contributed by atoms with E-state index in [1.54, 1.807) is 0 Å². The van der Waals surface area contributed by atoms with Gasteiger partial charge in [-0.2, -0.15) is 4.31 Å². The Hall–Kier alpha value is -1.45. The molecule has 2 fully saturated rings. The molecular formula is C12H14N2O5S2. The molecule has 3 heterocycles. The molecule has 0 aromatic carbocycles. The van der Waals surface area contributed by atoms with Crippen molar-refractivity contribution in [1.29, 1.82) is 0 Å². The third-order valence-electron chi connectivity index (χ3n) is 3.94. The molecule has 2 aliphatic heterocycles. The van der Waals surface area contributed by atoms with Crippen molar-refractivity contribution >= 4 is 33.2 Å². The van der Waals surface area contributed by atoms with E-state index in [0.717, 1.165) is 11.3 Å². The minimum atomic E-state index is -3.76. The Kier molecular flexibility index (Phi) is 3.50. The van der Waals surface area contributed by atoms with Crippen molar-refractivity contribution in [1.82, 2.24) is 9.62 Å². The summed E-state index contributed by atoms with van der Waals surface area (Å²) in [5.41, 5.74) is -0.0345. The largest absolute Gasteiger partial charge is 0.478 e. The molecule has 3 rings (SSSR count). The van der Waals surface area contributed by atoms with Gasteiger partial charge in [-0.05, 0) is 18.9 Å². The van der Waals surface area contributed by atoms with Crippen LogP contribution in [0.1, 0.15) is 23.2 Å². The van der Waals surface area contributed by atoms with Crippen molar-refractivity contribution in [3.05, 3.63) is 17.0 Å². The topological polar surface area (TPSA) is 104 Å². The highest BCUT2D eigenvalue weighted by molar-refractivity contribution is 7.91. The molecule has 114 valence electrons. The number of aromatic carboxylic acids is 1. The maximum atomic E-state index is 12.7. The van der Waals surface area contributed by atoms with Crippen LogP contribution in [-0.2, 0) is 14.8 Å². The zero-order valence-corrected chi connectivity index (χ0v) is 12.6. The lowest BCUT2D eigenvalue weighted by Gasteiger charge is -2.34. The molecule has 2 unspecified atom stereocenters. The van der Waals surface area contributed by atoms with Gasteiger partial charge in [-0.25, -0.2) is 13.2 Å². The number of thiophene rings is 1. The van der Waals surface area contributed by atoms with Crippen LogP contribution in [0, 0.1) is 5.92 Å². The number of carboxylic acid groups (broad SMARTS) is 1. The first-order valence-corrected chi connectivity index (χ1v) is 8.84. The molecule has 9 heteroatoms. The summed E-state index contributed by atoms with van der Waals surface area (Å²) >= 11 is 0.898. The summed E-state index contributed by atoms with van der Waals surface area (Å²) < 4.78 is 26.7. The first-order valence-electron chi connectivity index (χ1n) is 6.52. The molecule has 0 radical (unpaired) electrons. The second-order valence-corrected chi connectivity index (χ2v) is 8.17. The second-order valence-electron chi connectivity index (χ2n) is 5.14. The Labute approximate surface area is 125 Å². The number of carboxylic acids is 1. The zero-order chi connectivity index (χ0) is 15.2. The first-order chi connectivity index (χ1) is 9.91. The average Bonchev–Trinajstić information content (AvgIpc) is 3.06. The lowest BCUT2D eigenvalue weighted by Crippen LogP contribution is -2.48. The number of carbonyl (C=O) groups is 2. The molecule has 1 aromatic heterocycles. The standard InChI is InChI=1S/C12H14N2O5S2/c15-11-8-2-1-3-14(9(8)5-13-11)21(18,19)10-4-7(6-20-10)12(16)17/h4,6,8-9H,1-3,5H2,(H,13,15)(H,16,17). The predicted octanol–water partition coefficient (Wildman–Crippen LogP) is 0.345. The van der Waals surface area contributed by atoms with Crippen molar-refractivity contribution in [2.75, 3.05) is 13.1 Å². The number of rotatable bonds is 3. The molecule has 7 nitrogen and oxygen atoms in total. The van der Waals surface area contributed by atoms with Gasteiger partial charge in [0.25, 0.3) is 10.0 Å². The van der Waals surface area contributed by atoms with Crippen LogP contribution in [0.25, 0.3) is 0 Å². The van der Waals surface area contributed by atoms with Crippen LogP contribution >= 0.6 is 11.3 Å². The molecule has 2 N–H and O–H groups in total. The van der Waals surface area contributed by atoms with Crippen molar-refractivity contribution in [2.24, 2.45) is 5.92 Å². The molecule has 0 spiro atoms. The number of piperidine rings is 1. The lowest BCUT2D eigenvalue weighted by atomic mass is 9.93. The second kappa shape index (κ2) is 5.08. The molecule has 0 saturated carbocycles. The van der Waals surface area contributed by atoms with Gasteiger partial charge in [0, 0.05) is 18.5 Å². The third-order valence-corrected chi connectivity index (χ3v) is 7.28. The average molecular weight is 330 g/mol. The minimum absolute atomic E-state index is 0.0138. The van der Waals surface area contributed by atoms with E-state index in [4.69, 9.17) is 5.11 Å². The van der Waals surface area contributed by atoms with E-state index in [1.807, 2.05) is 0 Å². The molecule has 1 amide bonds. The Morgan fingerprint density at radius 2 is 2.24 bits per heavy atom. The van der Waals surface area contributed by atoms with Gasteiger partial charge in [-0.3, -0.25) is 4.79 Å². The van der Waals surface area contributed by atoms with Crippen molar-refractivity contribution in [3.8, 4) is 0 Å². The maximum absolute atomic E-state index is 12.7. The van der Waals surface area contributed by atoms with Gasteiger partial charge in [0.1, 0.15) is 4.21 Å². The van der Waals surface area contributed by atoms with Crippen LogP contribution in [0.15, 0.2) is 15.7 Å². The Morgan fingerprint density at radius 3 is 2.90 bits per heavy atom. The Morgan fingerprint density at radius 1 is 1.48 bits per heavy atom. The molecule has 0 aliphatic carbocycles. The highest BCUT2D eigenvalue weighted by Gasteiger charge is 2.46. The van der Waals surface area contributed by atoms with E-state index >= 15 is 0 Å². The van der Waals surface area contributed by atoms with Gasteiger partial charge in [-0.15, -0.1) is 11.3 Å². The summed E-state index contributed by atoms with van der Waals surface area (Å²) in [7, 11) is -3.76. The van der Waals surface area contributed by atoms with Crippen molar-refractivity contribution in [3.63, 3.8) is 0 Å². The summed E-state index contributed by atoms with van der Waals surface area (Å²) in [6.45, 7) is 0.679. The predicted molar refractivity (Wildman–Crippen MR) is 74.7 cm³/mol. The summed E-state index contributed by atoms with van der Waals surface area (Å²) in [5.74, 6) is -1.55. The van der Waals surface area contributed by atoms with Gasteiger partial charge < -0.3 is 10.4 Å². The molecule has 2 saturated heterocycles. The zero-order valence-electron chi connectivity index (χ0n) is 11.0. The van der Waals surface area contributed by atoms with Crippen LogP contribution < -0.4 is 5.32 Å². The smallest absolute Gasteiger partial charge is 0.336 e. The number of hydrogen-bond acceptors (Lipinski definition) is 5. The van der Waals surface area contributed by atoms with Gasteiger partial charge >= 0.3 is 5.97 Å². The molecular weight excluding hydrogens is 316 g/mol. The Bertz CT molecular complexity index is 696. The van der Waals surface area contributed by atoms with Crippen molar-refractivity contribution < 1.29 is 23.1 Å². The molecule has 21 heavy (non-hydrogen) atoms. The van der Waals surface area contributed by atoms with E-state index in [2.05, 4.69) is 5.32 Å². The number of nitrogens with zero attached hydrogens (tertiary/aromatic N) is 1. The van der Waals surface area contributed by atoms with E-state index in [9.17, 15) is 18.0 Å². The summed E-state index contributed by atoms with van der Waals surface area (Å²) in [4.78, 5) is 22.6. The normalized spacial score (nSPS) is 26.4. The quantitative estimate of drug-likeness (QED) is 0.832. The number of hydrogen-bond donors (Lipinski definition) is 2. The van der Waals surface area contributed by atoms with E-state index in [0.29, 0.717) is 25.9 Å². The number of sulfonamides is 1.